The maximum atomic E-state index is 13.3. The van der Waals surface area contributed by atoms with Crippen molar-refractivity contribution in [3.05, 3.63) is 29.3 Å². The molecule has 0 saturated carbocycles. The van der Waals surface area contributed by atoms with E-state index in [4.69, 9.17) is 0 Å². The van der Waals surface area contributed by atoms with Crippen LogP contribution >= 0.6 is 0 Å². The fourth-order valence-corrected chi connectivity index (χ4v) is 4.37. The molecule has 25 heavy (non-hydrogen) atoms. The first kappa shape index (κ1) is 16.2. The summed E-state index contributed by atoms with van der Waals surface area (Å²) in [6, 6.07) is 6.40. The molecule has 0 aliphatic carbocycles. The minimum atomic E-state index is -0.0300. The Kier molecular flexibility index (Phi) is 4.06. The standard InChI is InChI=1S/C19H26N4O2/c1-13-5-6-16(22-8-3-4-9-22)14(11-13)18(24)23-10-7-17-15(12-23)20-19(25)21(17)2/h5-6,11,15,17H,3-4,7-10,12H2,1-2H3,(H,20,25)/t15-,17+/m1/s1. The molecule has 0 unspecified atom stereocenters. The van der Waals surface area contributed by atoms with Crippen molar-refractivity contribution in [2.24, 2.45) is 0 Å². The zero-order chi connectivity index (χ0) is 17.6. The van der Waals surface area contributed by atoms with Crippen molar-refractivity contribution in [1.29, 1.82) is 0 Å². The number of likely N-dealkylation sites (tertiary alicyclic amines) is 1. The van der Waals surface area contributed by atoms with Gasteiger partial charge in [0.2, 0.25) is 0 Å². The second kappa shape index (κ2) is 6.24. The van der Waals surface area contributed by atoms with Crippen LogP contribution in [0.3, 0.4) is 0 Å². The van der Waals surface area contributed by atoms with Crippen molar-refractivity contribution >= 4 is 17.6 Å². The van der Waals surface area contributed by atoms with E-state index in [1.807, 2.05) is 24.9 Å². The maximum Gasteiger partial charge on any atom is 0.317 e. The molecule has 1 aromatic rings. The lowest BCUT2D eigenvalue weighted by atomic mass is 9.98. The molecule has 134 valence electrons. The van der Waals surface area contributed by atoms with Gasteiger partial charge < -0.3 is 20.0 Å². The van der Waals surface area contributed by atoms with E-state index < -0.39 is 0 Å². The lowest BCUT2D eigenvalue weighted by Crippen LogP contribution is -2.52. The van der Waals surface area contributed by atoms with Crippen LogP contribution in [0.15, 0.2) is 18.2 Å². The van der Waals surface area contributed by atoms with Gasteiger partial charge in [-0.3, -0.25) is 4.79 Å². The monoisotopic (exact) mass is 342 g/mol. The minimum Gasteiger partial charge on any atom is -0.371 e. The minimum absolute atomic E-state index is 0.0300. The second-order valence-corrected chi connectivity index (χ2v) is 7.49. The molecular weight excluding hydrogens is 316 g/mol. The van der Waals surface area contributed by atoms with Gasteiger partial charge in [-0.2, -0.15) is 0 Å². The molecule has 0 aromatic heterocycles. The number of nitrogens with one attached hydrogen (secondary N) is 1. The van der Waals surface area contributed by atoms with Crippen molar-refractivity contribution in [2.75, 3.05) is 38.1 Å². The largest absolute Gasteiger partial charge is 0.371 e. The Bertz CT molecular complexity index is 699. The van der Waals surface area contributed by atoms with Crippen molar-refractivity contribution in [2.45, 2.75) is 38.3 Å². The number of anilines is 1. The van der Waals surface area contributed by atoms with Gasteiger partial charge in [-0.25, -0.2) is 4.79 Å². The third-order valence-electron chi connectivity index (χ3n) is 5.82. The molecule has 3 aliphatic rings. The quantitative estimate of drug-likeness (QED) is 0.892. The van der Waals surface area contributed by atoms with Gasteiger partial charge in [-0.15, -0.1) is 0 Å². The molecule has 0 bridgehead atoms. The van der Waals surface area contributed by atoms with Crippen molar-refractivity contribution < 1.29 is 9.59 Å². The summed E-state index contributed by atoms with van der Waals surface area (Å²) in [5, 5.41) is 3.01. The number of piperidine rings is 1. The van der Waals surface area contributed by atoms with Crippen LogP contribution in [0.5, 0.6) is 0 Å². The van der Waals surface area contributed by atoms with Gasteiger partial charge in [0.05, 0.1) is 17.6 Å². The fraction of sp³-hybridized carbons (Fsp3) is 0.579. The number of amides is 3. The number of rotatable bonds is 2. The molecule has 1 N–H and O–H groups in total. The Hall–Kier alpha value is -2.24. The first-order chi connectivity index (χ1) is 12.0. The van der Waals surface area contributed by atoms with Crippen LogP contribution in [0.1, 0.15) is 35.2 Å². The van der Waals surface area contributed by atoms with E-state index in [0.717, 1.165) is 36.3 Å². The first-order valence-corrected chi connectivity index (χ1v) is 9.23. The number of aryl methyl sites for hydroxylation is 1. The molecule has 3 aliphatic heterocycles. The van der Waals surface area contributed by atoms with Crippen LogP contribution in [0.4, 0.5) is 10.5 Å². The van der Waals surface area contributed by atoms with Crippen molar-refractivity contribution in [3.63, 3.8) is 0 Å². The first-order valence-electron chi connectivity index (χ1n) is 9.23. The smallest absolute Gasteiger partial charge is 0.317 e. The van der Waals surface area contributed by atoms with Crippen molar-refractivity contribution in [3.8, 4) is 0 Å². The van der Waals surface area contributed by atoms with E-state index in [-0.39, 0.29) is 24.0 Å². The van der Waals surface area contributed by atoms with E-state index in [1.165, 1.54) is 12.8 Å². The number of fused-ring (bicyclic) bond motifs is 1. The molecule has 3 heterocycles. The molecule has 1 aromatic carbocycles. The summed E-state index contributed by atoms with van der Waals surface area (Å²) >= 11 is 0. The highest BCUT2D eigenvalue weighted by Crippen LogP contribution is 2.29. The number of nitrogens with zero attached hydrogens (tertiary/aromatic N) is 3. The van der Waals surface area contributed by atoms with Gasteiger partial charge in [0, 0.05) is 38.9 Å². The van der Waals surface area contributed by atoms with Gasteiger partial charge in [-0.1, -0.05) is 11.6 Å². The zero-order valence-corrected chi connectivity index (χ0v) is 15.0. The lowest BCUT2D eigenvalue weighted by Gasteiger charge is -2.36. The number of benzene rings is 1. The van der Waals surface area contributed by atoms with Crippen LogP contribution < -0.4 is 10.2 Å². The van der Waals surface area contributed by atoms with Crippen LogP contribution in [0.25, 0.3) is 0 Å². The molecular formula is C19H26N4O2. The Morgan fingerprint density at radius 1 is 1.20 bits per heavy atom. The Balaban J connectivity index is 1.57. The Morgan fingerprint density at radius 2 is 1.96 bits per heavy atom. The van der Waals surface area contributed by atoms with Crippen LogP contribution in [0.2, 0.25) is 0 Å². The van der Waals surface area contributed by atoms with Gasteiger partial charge >= 0.3 is 6.03 Å². The molecule has 3 saturated heterocycles. The van der Waals surface area contributed by atoms with Crippen molar-refractivity contribution in [1.82, 2.24) is 15.1 Å². The molecule has 3 fully saturated rings. The summed E-state index contributed by atoms with van der Waals surface area (Å²) in [5.74, 6) is 0.0906. The van der Waals surface area contributed by atoms with Gasteiger partial charge in [0.25, 0.3) is 5.91 Å². The number of likely N-dealkylation sites (N-methyl/N-ethyl adjacent to an activating group) is 1. The molecule has 0 spiro atoms. The third kappa shape index (κ3) is 2.83. The van der Waals surface area contributed by atoms with E-state index >= 15 is 0 Å². The molecule has 2 atom stereocenters. The van der Waals surface area contributed by atoms with Crippen LogP contribution in [-0.2, 0) is 0 Å². The van der Waals surface area contributed by atoms with E-state index in [2.05, 4.69) is 22.3 Å². The average Bonchev–Trinajstić information content (AvgIpc) is 3.23. The number of carbonyl (C=O) groups excluding carboxylic acids is 2. The Morgan fingerprint density at radius 3 is 2.72 bits per heavy atom. The topological polar surface area (TPSA) is 55.9 Å². The van der Waals surface area contributed by atoms with Crippen LogP contribution in [0, 0.1) is 6.92 Å². The SMILES string of the molecule is Cc1ccc(N2CCCC2)c(C(=O)N2CC[C@H]3[C@@H](C2)NC(=O)N3C)c1. The summed E-state index contributed by atoms with van der Waals surface area (Å²) in [5.41, 5.74) is 2.97. The predicted molar refractivity (Wildman–Crippen MR) is 97.0 cm³/mol. The molecule has 3 amide bonds. The Labute approximate surface area is 148 Å². The highest BCUT2D eigenvalue weighted by atomic mass is 16.2. The second-order valence-electron chi connectivity index (χ2n) is 7.49. The number of urea groups is 1. The number of hydrogen-bond donors (Lipinski definition) is 1. The highest BCUT2D eigenvalue weighted by Gasteiger charge is 2.42. The molecule has 4 rings (SSSR count). The number of hydrogen-bond acceptors (Lipinski definition) is 3. The lowest BCUT2D eigenvalue weighted by molar-refractivity contribution is 0.0667. The van der Waals surface area contributed by atoms with Gasteiger partial charge in [0.15, 0.2) is 0 Å². The number of carbonyl (C=O) groups is 2. The van der Waals surface area contributed by atoms with Crippen LogP contribution in [-0.4, -0.2) is 67.0 Å². The molecule has 6 nitrogen and oxygen atoms in total. The van der Waals surface area contributed by atoms with E-state index in [0.29, 0.717) is 13.1 Å². The average molecular weight is 342 g/mol. The summed E-state index contributed by atoms with van der Waals surface area (Å²) < 4.78 is 0. The fourth-order valence-electron chi connectivity index (χ4n) is 4.37. The molecule has 6 heteroatoms. The molecule has 0 radical (unpaired) electrons. The van der Waals surface area contributed by atoms with Gasteiger partial charge in [0.1, 0.15) is 0 Å². The highest BCUT2D eigenvalue weighted by molar-refractivity contribution is 6.00. The van der Waals surface area contributed by atoms with Gasteiger partial charge in [-0.05, 0) is 38.3 Å². The maximum absolute atomic E-state index is 13.3. The summed E-state index contributed by atoms with van der Waals surface area (Å²) in [6.07, 6.45) is 3.21. The predicted octanol–water partition coefficient (Wildman–Crippen LogP) is 1.83. The summed E-state index contributed by atoms with van der Waals surface area (Å²) in [7, 11) is 1.84. The summed E-state index contributed by atoms with van der Waals surface area (Å²) in [6.45, 7) is 5.37. The van der Waals surface area contributed by atoms with E-state index in [9.17, 15) is 9.59 Å². The summed E-state index contributed by atoms with van der Waals surface area (Å²) in [4.78, 5) is 31.1. The van der Waals surface area contributed by atoms with E-state index in [1.54, 1.807) is 4.90 Å². The zero-order valence-electron chi connectivity index (χ0n) is 15.0. The third-order valence-corrected chi connectivity index (χ3v) is 5.82. The normalized spacial score (nSPS) is 26.0.